The van der Waals surface area contributed by atoms with Crippen LogP contribution in [0.4, 0.5) is 10.6 Å². The Balaban J connectivity index is 1.23. The Morgan fingerprint density at radius 2 is 1.82 bits per heavy atom. The standard InChI is InChI=1S/C20H28N6O2/c27-20(21-6-3-7-24-12-14-28-15-13-24)26-10-8-25(9-11-26)19-17-4-1-2-5-18(17)22-16-23-19/h1-2,4-5,16H,3,6-15H2,(H,21,27). The molecule has 0 aliphatic carbocycles. The van der Waals surface area contributed by atoms with E-state index in [0.29, 0.717) is 19.6 Å². The van der Waals surface area contributed by atoms with E-state index in [2.05, 4.69) is 31.2 Å². The number of nitrogens with one attached hydrogen (secondary N) is 1. The maximum atomic E-state index is 12.4. The zero-order valence-corrected chi connectivity index (χ0v) is 16.2. The molecule has 2 aromatic rings. The van der Waals surface area contributed by atoms with Crippen molar-refractivity contribution in [2.75, 3.05) is 70.5 Å². The van der Waals surface area contributed by atoms with Crippen molar-refractivity contribution in [1.82, 2.24) is 25.1 Å². The molecule has 8 heteroatoms. The van der Waals surface area contributed by atoms with E-state index in [9.17, 15) is 4.79 Å². The smallest absolute Gasteiger partial charge is 0.317 e. The highest BCUT2D eigenvalue weighted by Gasteiger charge is 2.23. The number of para-hydroxylation sites is 1. The quantitative estimate of drug-likeness (QED) is 0.781. The maximum absolute atomic E-state index is 12.4. The number of rotatable bonds is 5. The lowest BCUT2D eigenvalue weighted by molar-refractivity contribution is 0.0375. The summed E-state index contributed by atoms with van der Waals surface area (Å²) in [5.41, 5.74) is 0.952. The molecule has 2 amide bonds. The van der Waals surface area contributed by atoms with Crippen LogP contribution in [0.2, 0.25) is 0 Å². The highest BCUT2D eigenvalue weighted by atomic mass is 16.5. The minimum absolute atomic E-state index is 0.0363. The Hall–Kier alpha value is -2.45. The summed E-state index contributed by atoms with van der Waals surface area (Å²) in [7, 11) is 0. The first-order chi connectivity index (χ1) is 13.8. The number of hydrogen-bond donors (Lipinski definition) is 1. The molecule has 0 spiro atoms. The number of hydrogen-bond acceptors (Lipinski definition) is 6. The Labute approximate surface area is 165 Å². The second kappa shape index (κ2) is 9.16. The molecule has 2 aliphatic rings. The lowest BCUT2D eigenvalue weighted by atomic mass is 10.2. The van der Waals surface area contributed by atoms with Gasteiger partial charge in [0.15, 0.2) is 0 Å². The molecule has 8 nitrogen and oxygen atoms in total. The van der Waals surface area contributed by atoms with Gasteiger partial charge in [-0.2, -0.15) is 0 Å². The van der Waals surface area contributed by atoms with Crippen LogP contribution in [0.15, 0.2) is 30.6 Å². The number of piperazine rings is 1. The summed E-state index contributed by atoms with van der Waals surface area (Å²) in [6, 6.07) is 8.09. The molecule has 28 heavy (non-hydrogen) atoms. The monoisotopic (exact) mass is 384 g/mol. The fraction of sp³-hybridized carbons (Fsp3) is 0.550. The van der Waals surface area contributed by atoms with Gasteiger partial charge >= 0.3 is 6.03 Å². The number of carbonyl (C=O) groups is 1. The number of aromatic nitrogens is 2. The predicted octanol–water partition coefficient (Wildman–Crippen LogP) is 1.18. The summed E-state index contributed by atoms with van der Waals surface area (Å²) in [4.78, 5) is 27.8. The van der Waals surface area contributed by atoms with E-state index in [0.717, 1.165) is 69.1 Å². The maximum Gasteiger partial charge on any atom is 0.317 e. The van der Waals surface area contributed by atoms with E-state index in [4.69, 9.17) is 4.74 Å². The Morgan fingerprint density at radius 1 is 1.04 bits per heavy atom. The van der Waals surface area contributed by atoms with Crippen LogP contribution in [0, 0.1) is 0 Å². The van der Waals surface area contributed by atoms with Crippen molar-refractivity contribution in [3.63, 3.8) is 0 Å². The molecule has 2 aliphatic heterocycles. The molecule has 4 rings (SSSR count). The van der Waals surface area contributed by atoms with Crippen LogP contribution in [-0.2, 0) is 4.74 Å². The van der Waals surface area contributed by atoms with Gasteiger partial charge in [-0.15, -0.1) is 0 Å². The summed E-state index contributed by atoms with van der Waals surface area (Å²) in [6.07, 6.45) is 2.59. The van der Waals surface area contributed by atoms with Crippen molar-refractivity contribution >= 4 is 22.8 Å². The first kappa shape index (κ1) is 18.9. The number of fused-ring (bicyclic) bond motifs is 1. The zero-order chi connectivity index (χ0) is 19.2. The third-order valence-electron chi connectivity index (χ3n) is 5.42. The van der Waals surface area contributed by atoms with Gasteiger partial charge in [-0.1, -0.05) is 12.1 Å². The third-order valence-corrected chi connectivity index (χ3v) is 5.42. The van der Waals surface area contributed by atoms with Gasteiger partial charge in [0.1, 0.15) is 12.1 Å². The third kappa shape index (κ3) is 4.51. The molecule has 0 radical (unpaired) electrons. The van der Waals surface area contributed by atoms with Crippen LogP contribution < -0.4 is 10.2 Å². The molecule has 2 fully saturated rings. The minimum Gasteiger partial charge on any atom is -0.379 e. The number of carbonyl (C=O) groups excluding carboxylic acids is 1. The number of benzene rings is 1. The van der Waals surface area contributed by atoms with Crippen molar-refractivity contribution in [2.24, 2.45) is 0 Å². The number of amides is 2. The summed E-state index contributed by atoms with van der Waals surface area (Å²) < 4.78 is 5.36. The van der Waals surface area contributed by atoms with E-state index in [1.807, 2.05) is 23.1 Å². The average Bonchev–Trinajstić information content (AvgIpc) is 2.77. The minimum atomic E-state index is 0.0363. The average molecular weight is 384 g/mol. The fourth-order valence-corrected chi connectivity index (χ4v) is 3.80. The number of nitrogens with zero attached hydrogens (tertiary/aromatic N) is 5. The van der Waals surface area contributed by atoms with Gasteiger partial charge in [0.25, 0.3) is 0 Å². The van der Waals surface area contributed by atoms with Crippen LogP contribution in [0.25, 0.3) is 10.9 Å². The lowest BCUT2D eigenvalue weighted by Crippen LogP contribution is -2.52. The lowest BCUT2D eigenvalue weighted by Gasteiger charge is -2.35. The highest BCUT2D eigenvalue weighted by Crippen LogP contribution is 2.23. The van der Waals surface area contributed by atoms with Crippen LogP contribution >= 0.6 is 0 Å². The van der Waals surface area contributed by atoms with Crippen molar-refractivity contribution in [3.8, 4) is 0 Å². The van der Waals surface area contributed by atoms with Gasteiger partial charge in [-0.25, -0.2) is 14.8 Å². The second-order valence-electron chi connectivity index (χ2n) is 7.23. The number of morpholine rings is 1. The van der Waals surface area contributed by atoms with Crippen LogP contribution in [0.1, 0.15) is 6.42 Å². The molecule has 0 atom stereocenters. The zero-order valence-electron chi connectivity index (χ0n) is 16.2. The van der Waals surface area contributed by atoms with Gasteiger partial charge in [-0.3, -0.25) is 4.90 Å². The highest BCUT2D eigenvalue weighted by molar-refractivity contribution is 5.89. The fourth-order valence-electron chi connectivity index (χ4n) is 3.80. The molecule has 0 bridgehead atoms. The van der Waals surface area contributed by atoms with E-state index in [1.54, 1.807) is 6.33 Å². The number of urea groups is 1. The molecule has 1 aromatic heterocycles. The summed E-state index contributed by atoms with van der Waals surface area (Å²) >= 11 is 0. The first-order valence-electron chi connectivity index (χ1n) is 10.1. The summed E-state index contributed by atoms with van der Waals surface area (Å²) in [5.74, 6) is 0.955. The second-order valence-corrected chi connectivity index (χ2v) is 7.23. The van der Waals surface area contributed by atoms with E-state index in [-0.39, 0.29) is 6.03 Å². The van der Waals surface area contributed by atoms with E-state index < -0.39 is 0 Å². The molecule has 1 N–H and O–H groups in total. The van der Waals surface area contributed by atoms with Gasteiger partial charge < -0.3 is 19.9 Å². The van der Waals surface area contributed by atoms with Crippen LogP contribution in [0.3, 0.4) is 0 Å². The number of anilines is 1. The summed E-state index contributed by atoms with van der Waals surface area (Å²) in [5, 5.41) is 4.12. The SMILES string of the molecule is O=C(NCCCN1CCOCC1)N1CCN(c2ncnc3ccccc23)CC1. The molecular formula is C20H28N6O2. The largest absolute Gasteiger partial charge is 0.379 e. The van der Waals surface area contributed by atoms with E-state index >= 15 is 0 Å². The molecule has 3 heterocycles. The molecule has 150 valence electrons. The molecule has 2 saturated heterocycles. The molecule has 0 unspecified atom stereocenters. The predicted molar refractivity (Wildman–Crippen MR) is 109 cm³/mol. The Bertz CT molecular complexity index is 782. The van der Waals surface area contributed by atoms with Gasteiger partial charge in [-0.05, 0) is 25.1 Å². The molecule has 0 saturated carbocycles. The van der Waals surface area contributed by atoms with Crippen molar-refractivity contribution in [1.29, 1.82) is 0 Å². The Morgan fingerprint density at radius 3 is 2.64 bits per heavy atom. The van der Waals surface area contributed by atoms with Crippen molar-refractivity contribution < 1.29 is 9.53 Å². The van der Waals surface area contributed by atoms with Crippen molar-refractivity contribution in [2.45, 2.75) is 6.42 Å². The van der Waals surface area contributed by atoms with Crippen molar-refractivity contribution in [3.05, 3.63) is 30.6 Å². The first-order valence-corrected chi connectivity index (χ1v) is 10.1. The van der Waals surface area contributed by atoms with Gasteiger partial charge in [0.2, 0.25) is 0 Å². The normalized spacial score (nSPS) is 18.4. The topological polar surface area (TPSA) is 73.8 Å². The van der Waals surface area contributed by atoms with Crippen LogP contribution in [0.5, 0.6) is 0 Å². The molecule has 1 aromatic carbocycles. The van der Waals surface area contributed by atoms with Gasteiger partial charge in [0.05, 0.1) is 18.7 Å². The van der Waals surface area contributed by atoms with Gasteiger partial charge in [0, 0.05) is 51.2 Å². The molecular weight excluding hydrogens is 356 g/mol. The number of ether oxygens (including phenoxy) is 1. The summed E-state index contributed by atoms with van der Waals surface area (Å²) in [6.45, 7) is 8.31. The van der Waals surface area contributed by atoms with E-state index in [1.165, 1.54) is 0 Å². The Kier molecular flexibility index (Phi) is 6.18. The van der Waals surface area contributed by atoms with Crippen LogP contribution in [-0.4, -0.2) is 91.4 Å².